The molecule has 0 bridgehead atoms. The summed E-state index contributed by atoms with van der Waals surface area (Å²) in [4.78, 5) is 20.5. The molecule has 0 unspecified atom stereocenters. The van der Waals surface area contributed by atoms with Gasteiger partial charge < -0.3 is 4.74 Å². The molecule has 1 saturated carbocycles. The number of carbonyl (C=O) groups excluding carboxylic acids is 1. The van der Waals surface area contributed by atoms with Crippen molar-refractivity contribution in [1.29, 1.82) is 0 Å². The van der Waals surface area contributed by atoms with Crippen LogP contribution < -0.4 is 10.1 Å². The van der Waals surface area contributed by atoms with Gasteiger partial charge >= 0.3 is 0 Å². The number of pyridine rings is 1. The van der Waals surface area contributed by atoms with E-state index in [1.54, 1.807) is 35.5 Å². The average Bonchev–Trinajstić information content (AvgIpc) is 3.41. The van der Waals surface area contributed by atoms with Crippen LogP contribution in [0, 0.1) is 5.92 Å². The van der Waals surface area contributed by atoms with E-state index in [2.05, 4.69) is 20.4 Å². The van der Waals surface area contributed by atoms with Gasteiger partial charge in [-0.3, -0.25) is 15.1 Å². The van der Waals surface area contributed by atoms with Gasteiger partial charge in [-0.05, 0) is 54.7 Å². The SMILES string of the molecule is O=C(Nc1ncn(Cc2cccnc2)n1)c1ccc(OCC2CC2)cc1. The van der Waals surface area contributed by atoms with Crippen LogP contribution in [0.15, 0.2) is 55.1 Å². The molecule has 0 radical (unpaired) electrons. The lowest BCUT2D eigenvalue weighted by molar-refractivity contribution is 0.102. The van der Waals surface area contributed by atoms with Gasteiger partial charge in [-0.15, -0.1) is 5.10 Å². The largest absolute Gasteiger partial charge is 0.493 e. The molecule has 1 fully saturated rings. The topological polar surface area (TPSA) is 81.9 Å². The van der Waals surface area contributed by atoms with Crippen LogP contribution >= 0.6 is 0 Å². The smallest absolute Gasteiger partial charge is 0.258 e. The third kappa shape index (κ3) is 4.24. The van der Waals surface area contributed by atoms with Crippen LogP contribution in [0.2, 0.25) is 0 Å². The molecule has 2 heterocycles. The number of benzene rings is 1. The van der Waals surface area contributed by atoms with E-state index in [0.717, 1.165) is 17.9 Å². The first kappa shape index (κ1) is 16.3. The van der Waals surface area contributed by atoms with Crippen molar-refractivity contribution in [2.75, 3.05) is 11.9 Å². The van der Waals surface area contributed by atoms with Crippen molar-refractivity contribution in [2.45, 2.75) is 19.4 Å². The van der Waals surface area contributed by atoms with Crippen molar-refractivity contribution in [3.63, 3.8) is 0 Å². The molecule has 1 aromatic carbocycles. The summed E-state index contributed by atoms with van der Waals surface area (Å²) in [6.45, 7) is 1.30. The van der Waals surface area contributed by atoms with Gasteiger partial charge in [0, 0.05) is 18.0 Å². The molecule has 7 nitrogen and oxygen atoms in total. The van der Waals surface area contributed by atoms with E-state index >= 15 is 0 Å². The Balaban J connectivity index is 1.34. The van der Waals surface area contributed by atoms with Gasteiger partial charge in [-0.1, -0.05) is 6.07 Å². The molecule has 1 aliphatic carbocycles. The zero-order chi connectivity index (χ0) is 17.8. The van der Waals surface area contributed by atoms with Gasteiger partial charge in [0.25, 0.3) is 5.91 Å². The Morgan fingerprint density at radius 1 is 1.23 bits per heavy atom. The lowest BCUT2D eigenvalue weighted by Crippen LogP contribution is -2.13. The summed E-state index contributed by atoms with van der Waals surface area (Å²) in [5.74, 6) is 1.50. The molecule has 26 heavy (non-hydrogen) atoms. The predicted molar refractivity (Wildman–Crippen MR) is 96.0 cm³/mol. The summed E-state index contributed by atoms with van der Waals surface area (Å²) in [6.07, 6.45) is 7.57. The summed E-state index contributed by atoms with van der Waals surface area (Å²) in [7, 11) is 0. The number of carbonyl (C=O) groups is 1. The Morgan fingerprint density at radius 2 is 2.08 bits per heavy atom. The number of rotatable bonds is 7. The van der Waals surface area contributed by atoms with Crippen molar-refractivity contribution in [3.05, 3.63) is 66.2 Å². The van der Waals surface area contributed by atoms with Gasteiger partial charge in [0.15, 0.2) is 0 Å². The van der Waals surface area contributed by atoms with Crippen molar-refractivity contribution in [1.82, 2.24) is 19.7 Å². The Labute approximate surface area is 151 Å². The number of nitrogens with zero attached hydrogens (tertiary/aromatic N) is 4. The third-order valence-corrected chi connectivity index (χ3v) is 4.13. The minimum atomic E-state index is -0.252. The molecular formula is C19H19N5O2. The number of hydrogen-bond donors (Lipinski definition) is 1. The van der Waals surface area contributed by atoms with Crippen LogP contribution in [0.4, 0.5) is 5.95 Å². The number of anilines is 1. The highest BCUT2D eigenvalue weighted by atomic mass is 16.5. The molecule has 1 aliphatic rings. The molecule has 0 saturated heterocycles. The molecular weight excluding hydrogens is 330 g/mol. The molecule has 3 aromatic rings. The summed E-state index contributed by atoms with van der Waals surface area (Å²) in [5.41, 5.74) is 1.55. The van der Waals surface area contributed by atoms with Crippen LogP contribution in [0.25, 0.3) is 0 Å². The minimum Gasteiger partial charge on any atom is -0.493 e. The Hall–Kier alpha value is -3.22. The second-order valence-corrected chi connectivity index (χ2v) is 6.36. The number of ether oxygens (including phenoxy) is 1. The molecule has 1 N–H and O–H groups in total. The lowest BCUT2D eigenvalue weighted by Gasteiger charge is -2.06. The van der Waals surface area contributed by atoms with Crippen LogP contribution in [0.1, 0.15) is 28.8 Å². The molecule has 132 valence electrons. The second-order valence-electron chi connectivity index (χ2n) is 6.36. The summed E-state index contributed by atoms with van der Waals surface area (Å²) < 4.78 is 7.33. The van der Waals surface area contributed by atoms with Crippen LogP contribution in [-0.4, -0.2) is 32.3 Å². The highest BCUT2D eigenvalue weighted by Gasteiger charge is 2.21. The standard InChI is InChI=1S/C19H19N5O2/c25-18(16-5-7-17(8-6-16)26-12-14-3-4-14)22-19-21-13-24(23-19)11-15-2-1-9-20-10-15/h1-2,5-10,13-14H,3-4,11-12H2,(H,22,23,25). The molecule has 0 spiro atoms. The van der Waals surface area contributed by atoms with Gasteiger partial charge in [-0.25, -0.2) is 9.67 Å². The zero-order valence-electron chi connectivity index (χ0n) is 14.2. The number of hydrogen-bond acceptors (Lipinski definition) is 5. The van der Waals surface area contributed by atoms with Crippen LogP contribution in [0.3, 0.4) is 0 Å². The highest BCUT2D eigenvalue weighted by molar-refractivity contribution is 6.03. The minimum absolute atomic E-state index is 0.252. The van der Waals surface area contributed by atoms with E-state index in [1.807, 2.05) is 24.3 Å². The maximum absolute atomic E-state index is 12.3. The van der Waals surface area contributed by atoms with E-state index in [-0.39, 0.29) is 11.9 Å². The molecule has 2 aromatic heterocycles. The van der Waals surface area contributed by atoms with Crippen molar-refractivity contribution < 1.29 is 9.53 Å². The van der Waals surface area contributed by atoms with Crippen molar-refractivity contribution >= 4 is 11.9 Å². The first-order valence-corrected chi connectivity index (χ1v) is 8.59. The fourth-order valence-electron chi connectivity index (χ4n) is 2.48. The molecule has 1 amide bonds. The van der Waals surface area contributed by atoms with E-state index < -0.39 is 0 Å². The fourth-order valence-corrected chi connectivity index (χ4v) is 2.48. The molecule has 0 atom stereocenters. The lowest BCUT2D eigenvalue weighted by atomic mass is 10.2. The Kier molecular flexibility index (Phi) is 4.59. The highest BCUT2D eigenvalue weighted by Crippen LogP contribution is 2.29. The van der Waals surface area contributed by atoms with Gasteiger partial charge in [-0.2, -0.15) is 0 Å². The van der Waals surface area contributed by atoms with Crippen LogP contribution in [0.5, 0.6) is 5.75 Å². The second kappa shape index (κ2) is 7.35. The average molecular weight is 349 g/mol. The number of aromatic nitrogens is 4. The maximum Gasteiger partial charge on any atom is 0.258 e. The predicted octanol–water partition coefficient (Wildman–Crippen LogP) is 2.76. The Morgan fingerprint density at radius 3 is 2.81 bits per heavy atom. The third-order valence-electron chi connectivity index (χ3n) is 4.13. The van der Waals surface area contributed by atoms with Crippen molar-refractivity contribution in [2.24, 2.45) is 5.92 Å². The van der Waals surface area contributed by atoms with Gasteiger partial charge in [0.05, 0.1) is 13.2 Å². The van der Waals surface area contributed by atoms with Crippen molar-refractivity contribution in [3.8, 4) is 5.75 Å². The van der Waals surface area contributed by atoms with Crippen LogP contribution in [-0.2, 0) is 6.54 Å². The quantitative estimate of drug-likeness (QED) is 0.709. The molecule has 4 rings (SSSR count). The van der Waals surface area contributed by atoms with E-state index in [0.29, 0.717) is 18.0 Å². The zero-order valence-corrected chi connectivity index (χ0v) is 14.2. The number of nitrogens with one attached hydrogen (secondary N) is 1. The maximum atomic E-state index is 12.3. The van der Waals surface area contributed by atoms with E-state index in [4.69, 9.17) is 4.74 Å². The van der Waals surface area contributed by atoms with Gasteiger partial charge in [0.2, 0.25) is 5.95 Å². The first-order chi connectivity index (χ1) is 12.8. The normalized spacial score (nSPS) is 13.4. The summed E-state index contributed by atoms with van der Waals surface area (Å²) >= 11 is 0. The van der Waals surface area contributed by atoms with Gasteiger partial charge in [0.1, 0.15) is 12.1 Å². The first-order valence-electron chi connectivity index (χ1n) is 8.59. The summed E-state index contributed by atoms with van der Waals surface area (Å²) in [6, 6.07) is 10.9. The monoisotopic (exact) mass is 349 g/mol. The fraction of sp³-hybridized carbons (Fsp3) is 0.263. The summed E-state index contributed by atoms with van der Waals surface area (Å²) in [5, 5.41) is 6.97. The molecule has 7 heteroatoms. The number of amides is 1. The van der Waals surface area contributed by atoms with E-state index in [9.17, 15) is 4.79 Å². The van der Waals surface area contributed by atoms with E-state index in [1.165, 1.54) is 12.8 Å². The molecule has 0 aliphatic heterocycles. The Bertz CT molecular complexity index is 872.